The van der Waals surface area contributed by atoms with Crippen LogP contribution in [0.3, 0.4) is 0 Å². The smallest absolute Gasteiger partial charge is 0.230 e. The molecular weight excluding hydrogens is 458 g/mol. The molecule has 1 heterocycles. The predicted molar refractivity (Wildman–Crippen MR) is 144 cm³/mol. The second-order valence-electron chi connectivity index (χ2n) is 10.7. The number of rotatable bonds is 6. The van der Waals surface area contributed by atoms with Crippen molar-refractivity contribution in [3.8, 4) is 0 Å². The molecule has 1 N–H and O–H groups in total. The molecule has 6 nitrogen and oxygen atoms in total. The minimum atomic E-state index is 0.162. The van der Waals surface area contributed by atoms with E-state index in [1.807, 2.05) is 24.3 Å². The first kappa shape index (κ1) is 24.4. The van der Waals surface area contributed by atoms with E-state index in [-0.39, 0.29) is 12.0 Å². The summed E-state index contributed by atoms with van der Waals surface area (Å²) in [5, 5.41) is 4.35. The molecule has 1 amide bonds. The first-order valence-electron chi connectivity index (χ1n) is 13.4. The van der Waals surface area contributed by atoms with Gasteiger partial charge in [-0.15, -0.1) is 0 Å². The van der Waals surface area contributed by atoms with Crippen molar-refractivity contribution < 1.29 is 4.79 Å². The van der Waals surface area contributed by atoms with E-state index in [1.54, 1.807) is 0 Å². The summed E-state index contributed by atoms with van der Waals surface area (Å²) >= 11 is 6.15. The summed E-state index contributed by atoms with van der Waals surface area (Å²) < 4.78 is 0. The number of carbonyl (C=O) groups is 1. The summed E-state index contributed by atoms with van der Waals surface area (Å²) in [6.07, 6.45) is 12.9. The Morgan fingerprint density at radius 1 is 0.914 bits per heavy atom. The quantitative estimate of drug-likeness (QED) is 0.530. The van der Waals surface area contributed by atoms with E-state index in [1.165, 1.54) is 24.1 Å². The van der Waals surface area contributed by atoms with Gasteiger partial charge in [0.1, 0.15) is 5.82 Å². The fraction of sp³-hybridized carbons (Fsp3) is 0.607. The molecule has 0 aliphatic heterocycles. The molecule has 2 aromatic rings. The Balaban J connectivity index is 1.29. The molecule has 0 spiro atoms. The van der Waals surface area contributed by atoms with Crippen LogP contribution in [0.15, 0.2) is 24.3 Å². The van der Waals surface area contributed by atoms with E-state index in [2.05, 4.69) is 29.2 Å². The van der Waals surface area contributed by atoms with E-state index in [0.29, 0.717) is 17.0 Å². The van der Waals surface area contributed by atoms with Crippen molar-refractivity contribution in [2.75, 3.05) is 29.2 Å². The Morgan fingerprint density at radius 2 is 1.60 bits per heavy atom. The normalized spacial score (nSPS) is 22.5. The third-order valence-electron chi connectivity index (χ3n) is 8.03. The first-order valence-corrected chi connectivity index (χ1v) is 13.8. The van der Waals surface area contributed by atoms with Crippen molar-refractivity contribution >= 4 is 35.0 Å². The van der Waals surface area contributed by atoms with Crippen LogP contribution in [0.5, 0.6) is 0 Å². The van der Waals surface area contributed by atoms with Crippen LogP contribution in [0.1, 0.15) is 75.5 Å². The van der Waals surface area contributed by atoms with Gasteiger partial charge in [0.25, 0.3) is 0 Å². The van der Waals surface area contributed by atoms with E-state index in [4.69, 9.17) is 21.6 Å². The van der Waals surface area contributed by atoms with Crippen molar-refractivity contribution in [2.24, 2.45) is 5.92 Å². The molecule has 3 aliphatic carbocycles. The van der Waals surface area contributed by atoms with Crippen LogP contribution in [0.2, 0.25) is 5.02 Å². The summed E-state index contributed by atoms with van der Waals surface area (Å²) in [6, 6.07) is 8.36. The molecule has 0 radical (unpaired) electrons. The maximum Gasteiger partial charge on any atom is 0.230 e. The molecule has 188 valence electrons. The number of benzene rings is 1. The molecule has 3 aliphatic rings. The maximum atomic E-state index is 13.6. The standard InChI is InChI=1S/C28H38ClN5O/c1-33(2)26-24-9-5-6-10-25(24)31-28(32-26)30-21-13-17-23(18-14-21)34(22-15-11-20(29)12-16-22)27(35)19-7-3-4-8-19/h11-12,15-16,19,21,23H,3-10,13-14,17-18H2,1-2H3,(H,30,31,32)/t21-,23+. The summed E-state index contributed by atoms with van der Waals surface area (Å²) in [4.78, 5) is 27.6. The monoisotopic (exact) mass is 495 g/mol. The lowest BCUT2D eigenvalue weighted by atomic mass is 9.89. The van der Waals surface area contributed by atoms with Crippen LogP contribution < -0.4 is 15.1 Å². The zero-order chi connectivity index (χ0) is 24.4. The number of aryl methyl sites for hydroxylation is 1. The number of halogens is 1. The highest BCUT2D eigenvalue weighted by molar-refractivity contribution is 6.30. The number of hydrogen-bond donors (Lipinski definition) is 1. The molecule has 35 heavy (non-hydrogen) atoms. The van der Waals surface area contributed by atoms with Crippen molar-refractivity contribution in [3.05, 3.63) is 40.5 Å². The average Bonchev–Trinajstić information content (AvgIpc) is 3.41. The Kier molecular flexibility index (Phi) is 7.47. The van der Waals surface area contributed by atoms with Gasteiger partial charge in [-0.3, -0.25) is 4.79 Å². The Labute approximate surface area is 214 Å². The zero-order valence-corrected chi connectivity index (χ0v) is 21.9. The van der Waals surface area contributed by atoms with Crippen LogP contribution in [0.25, 0.3) is 0 Å². The molecule has 0 atom stereocenters. The molecule has 1 aromatic heterocycles. The lowest BCUT2D eigenvalue weighted by molar-refractivity contribution is -0.122. The van der Waals surface area contributed by atoms with E-state index in [9.17, 15) is 4.79 Å². The number of nitrogens with one attached hydrogen (secondary N) is 1. The van der Waals surface area contributed by atoms with Gasteiger partial charge in [-0.25, -0.2) is 4.98 Å². The highest BCUT2D eigenvalue weighted by Crippen LogP contribution is 2.35. The minimum absolute atomic E-state index is 0.162. The highest BCUT2D eigenvalue weighted by Gasteiger charge is 2.35. The van der Waals surface area contributed by atoms with E-state index in [0.717, 1.165) is 81.7 Å². The lowest BCUT2D eigenvalue weighted by Gasteiger charge is -2.38. The van der Waals surface area contributed by atoms with Crippen molar-refractivity contribution in [3.63, 3.8) is 0 Å². The number of aromatic nitrogens is 2. The fourth-order valence-electron chi connectivity index (χ4n) is 6.16. The van der Waals surface area contributed by atoms with Gasteiger partial charge in [-0.2, -0.15) is 4.98 Å². The Bertz CT molecular complexity index is 1030. The molecule has 0 unspecified atom stereocenters. The van der Waals surface area contributed by atoms with E-state index < -0.39 is 0 Å². The van der Waals surface area contributed by atoms with Gasteiger partial charge in [-0.1, -0.05) is 24.4 Å². The van der Waals surface area contributed by atoms with Gasteiger partial charge < -0.3 is 15.1 Å². The molecule has 2 fully saturated rings. The average molecular weight is 496 g/mol. The fourth-order valence-corrected chi connectivity index (χ4v) is 6.28. The lowest BCUT2D eigenvalue weighted by Crippen LogP contribution is -2.46. The SMILES string of the molecule is CN(C)c1nc(N[C@H]2CC[C@@H](N(C(=O)C3CCCC3)c3ccc(Cl)cc3)CC2)nc2c1CCCC2. The number of amides is 1. The van der Waals surface area contributed by atoms with Crippen molar-refractivity contribution in [1.82, 2.24) is 9.97 Å². The van der Waals surface area contributed by atoms with Crippen molar-refractivity contribution in [1.29, 1.82) is 0 Å². The molecule has 1 aromatic carbocycles. The molecule has 0 saturated heterocycles. The molecule has 5 rings (SSSR count). The molecule has 2 saturated carbocycles. The van der Waals surface area contributed by atoms with Gasteiger partial charge in [0.15, 0.2) is 0 Å². The molecule has 7 heteroatoms. The largest absolute Gasteiger partial charge is 0.362 e. The Hall–Kier alpha value is -2.34. The summed E-state index contributed by atoms with van der Waals surface area (Å²) in [6.45, 7) is 0. The van der Waals surface area contributed by atoms with E-state index >= 15 is 0 Å². The van der Waals surface area contributed by atoms with Gasteiger partial charge in [0.2, 0.25) is 11.9 Å². The van der Waals surface area contributed by atoms with Gasteiger partial charge in [0.05, 0.1) is 5.69 Å². The van der Waals surface area contributed by atoms with Crippen LogP contribution >= 0.6 is 11.6 Å². The molecular formula is C28H38ClN5O. The first-order chi connectivity index (χ1) is 17.0. The Morgan fingerprint density at radius 3 is 2.29 bits per heavy atom. The van der Waals surface area contributed by atoms with Crippen LogP contribution in [-0.4, -0.2) is 42.1 Å². The predicted octanol–water partition coefficient (Wildman–Crippen LogP) is 6.02. The number of anilines is 3. The summed E-state index contributed by atoms with van der Waals surface area (Å²) in [7, 11) is 4.14. The highest BCUT2D eigenvalue weighted by atomic mass is 35.5. The number of hydrogen-bond acceptors (Lipinski definition) is 5. The minimum Gasteiger partial charge on any atom is -0.362 e. The van der Waals surface area contributed by atoms with Gasteiger partial charge >= 0.3 is 0 Å². The zero-order valence-electron chi connectivity index (χ0n) is 21.1. The third kappa shape index (κ3) is 5.42. The number of nitrogens with zero attached hydrogens (tertiary/aromatic N) is 4. The van der Waals surface area contributed by atoms with Gasteiger partial charge in [-0.05, 0) is 88.5 Å². The van der Waals surface area contributed by atoms with Crippen molar-refractivity contribution in [2.45, 2.75) is 89.1 Å². The van der Waals surface area contributed by atoms with Gasteiger partial charge in [0, 0.05) is 48.4 Å². The summed E-state index contributed by atoms with van der Waals surface area (Å²) in [5.41, 5.74) is 3.51. The summed E-state index contributed by atoms with van der Waals surface area (Å²) in [5.74, 6) is 2.28. The third-order valence-corrected chi connectivity index (χ3v) is 8.28. The second-order valence-corrected chi connectivity index (χ2v) is 11.1. The number of carbonyl (C=O) groups excluding carboxylic acids is 1. The second kappa shape index (κ2) is 10.7. The van der Waals surface area contributed by atoms with Crippen LogP contribution in [-0.2, 0) is 17.6 Å². The number of fused-ring (bicyclic) bond motifs is 1. The topological polar surface area (TPSA) is 61.4 Å². The van der Waals surface area contributed by atoms with Crippen LogP contribution in [0, 0.1) is 5.92 Å². The maximum absolute atomic E-state index is 13.6. The molecule has 0 bridgehead atoms. The van der Waals surface area contributed by atoms with Crippen LogP contribution in [0.4, 0.5) is 17.5 Å².